The number of halogens is 2. The Morgan fingerprint density at radius 3 is 2.64 bits per heavy atom. The third-order valence-electron chi connectivity index (χ3n) is 1.07. The molecule has 0 atom stereocenters. The molecular weight excluding hydrogens is 264 g/mol. The number of aromatic nitrogens is 1. The lowest BCUT2D eigenvalue weighted by atomic mass is 10.3. The summed E-state index contributed by atoms with van der Waals surface area (Å²) in [6.45, 7) is 0. The molecular formula is C6H3FINO2. The predicted octanol–water partition coefficient (Wildman–Crippen LogP) is 1.52. The molecule has 1 heterocycles. The molecule has 0 amide bonds. The zero-order chi connectivity index (χ0) is 8.43. The van der Waals surface area contributed by atoms with E-state index in [4.69, 9.17) is 5.11 Å². The summed E-state index contributed by atoms with van der Waals surface area (Å²) in [5, 5.41) is 8.47. The third-order valence-corrected chi connectivity index (χ3v) is 1.89. The fourth-order valence-corrected chi connectivity index (χ4v) is 1.26. The van der Waals surface area contributed by atoms with Gasteiger partial charge in [0.2, 0.25) is 0 Å². The fourth-order valence-electron chi connectivity index (χ4n) is 0.616. The monoisotopic (exact) mass is 267 g/mol. The Bertz CT molecular complexity index is 282. The molecule has 0 saturated carbocycles. The number of carbonyl (C=O) groups is 1. The van der Waals surface area contributed by atoms with Crippen molar-refractivity contribution in [1.82, 2.24) is 4.98 Å². The maximum absolute atomic E-state index is 12.7. The molecule has 0 fully saturated rings. The van der Waals surface area contributed by atoms with Crippen LogP contribution >= 0.6 is 22.6 Å². The van der Waals surface area contributed by atoms with Crippen molar-refractivity contribution in [3.05, 3.63) is 27.3 Å². The van der Waals surface area contributed by atoms with Crippen LogP contribution in [0.4, 0.5) is 4.39 Å². The van der Waals surface area contributed by atoms with Gasteiger partial charge in [0, 0.05) is 9.77 Å². The lowest BCUT2D eigenvalue weighted by Gasteiger charge is -1.97. The minimum Gasteiger partial charge on any atom is -0.478 e. The number of hydrogen-bond acceptors (Lipinski definition) is 2. The first-order valence-corrected chi connectivity index (χ1v) is 3.73. The van der Waals surface area contributed by atoms with Gasteiger partial charge in [-0.25, -0.2) is 9.18 Å². The van der Waals surface area contributed by atoms with Crippen molar-refractivity contribution in [3.8, 4) is 0 Å². The molecule has 0 bridgehead atoms. The molecule has 3 nitrogen and oxygen atoms in total. The summed E-state index contributed by atoms with van der Waals surface area (Å²) in [6, 6.07) is 0. The van der Waals surface area contributed by atoms with Crippen LogP contribution in [-0.4, -0.2) is 16.1 Å². The van der Waals surface area contributed by atoms with Crippen molar-refractivity contribution < 1.29 is 14.3 Å². The molecule has 0 aromatic carbocycles. The highest BCUT2D eigenvalue weighted by Gasteiger charge is 2.13. The summed E-state index contributed by atoms with van der Waals surface area (Å²) in [6.07, 6.45) is 2.18. The molecule has 58 valence electrons. The second kappa shape index (κ2) is 3.12. The number of aromatic carboxylic acids is 1. The van der Waals surface area contributed by atoms with E-state index in [0.717, 1.165) is 6.20 Å². The van der Waals surface area contributed by atoms with Gasteiger partial charge in [-0.1, -0.05) is 0 Å². The lowest BCUT2D eigenvalue weighted by molar-refractivity contribution is 0.0690. The highest BCUT2D eigenvalue weighted by molar-refractivity contribution is 14.1. The standard InChI is InChI=1S/C6H3FINO2/c7-3-1-9-2-4(8)5(3)6(10)11/h1-2H,(H,10,11). The van der Waals surface area contributed by atoms with E-state index in [0.29, 0.717) is 3.57 Å². The van der Waals surface area contributed by atoms with E-state index in [2.05, 4.69) is 4.98 Å². The topological polar surface area (TPSA) is 50.2 Å². The van der Waals surface area contributed by atoms with Crippen molar-refractivity contribution in [2.45, 2.75) is 0 Å². The van der Waals surface area contributed by atoms with Gasteiger partial charge in [-0.2, -0.15) is 0 Å². The van der Waals surface area contributed by atoms with Crippen LogP contribution in [-0.2, 0) is 0 Å². The molecule has 0 aliphatic heterocycles. The highest BCUT2D eigenvalue weighted by atomic mass is 127. The molecule has 0 radical (unpaired) electrons. The highest BCUT2D eigenvalue weighted by Crippen LogP contribution is 2.13. The van der Waals surface area contributed by atoms with Crippen LogP contribution in [0.1, 0.15) is 10.4 Å². The SMILES string of the molecule is O=C(O)c1c(F)cncc1I. The van der Waals surface area contributed by atoms with Crippen molar-refractivity contribution in [2.75, 3.05) is 0 Å². The molecule has 11 heavy (non-hydrogen) atoms. The van der Waals surface area contributed by atoms with Crippen LogP contribution in [0.15, 0.2) is 12.4 Å². The second-order valence-corrected chi connectivity index (χ2v) is 2.95. The summed E-state index contributed by atoms with van der Waals surface area (Å²) < 4.78 is 13.0. The molecule has 1 N–H and O–H groups in total. The van der Waals surface area contributed by atoms with Gasteiger partial charge in [-0.3, -0.25) is 4.98 Å². The Morgan fingerprint density at radius 1 is 1.64 bits per heavy atom. The molecule has 0 unspecified atom stereocenters. The molecule has 0 saturated heterocycles. The first-order valence-electron chi connectivity index (χ1n) is 2.65. The Kier molecular flexibility index (Phi) is 2.38. The van der Waals surface area contributed by atoms with Crippen LogP contribution < -0.4 is 0 Å². The average Bonchev–Trinajstić information content (AvgIpc) is 1.85. The second-order valence-electron chi connectivity index (χ2n) is 1.78. The van der Waals surface area contributed by atoms with E-state index in [9.17, 15) is 9.18 Å². The van der Waals surface area contributed by atoms with E-state index in [1.54, 1.807) is 22.6 Å². The van der Waals surface area contributed by atoms with Gasteiger partial charge < -0.3 is 5.11 Å². The fraction of sp³-hybridized carbons (Fsp3) is 0. The number of nitrogens with zero attached hydrogens (tertiary/aromatic N) is 1. The predicted molar refractivity (Wildman–Crippen MR) is 43.9 cm³/mol. The summed E-state index contributed by atoms with van der Waals surface area (Å²) in [5.74, 6) is -2.07. The molecule has 1 aromatic heterocycles. The van der Waals surface area contributed by atoms with Crippen molar-refractivity contribution in [2.24, 2.45) is 0 Å². The van der Waals surface area contributed by atoms with E-state index >= 15 is 0 Å². The zero-order valence-electron chi connectivity index (χ0n) is 5.21. The van der Waals surface area contributed by atoms with Gasteiger partial charge in [-0.15, -0.1) is 0 Å². The Labute approximate surface area is 75.4 Å². The van der Waals surface area contributed by atoms with Gasteiger partial charge in [0.1, 0.15) is 5.56 Å². The molecule has 0 aliphatic rings. The lowest BCUT2D eigenvalue weighted by Crippen LogP contribution is -2.03. The van der Waals surface area contributed by atoms with Crippen LogP contribution in [0.5, 0.6) is 0 Å². The molecule has 1 rings (SSSR count). The first-order chi connectivity index (χ1) is 5.13. The van der Waals surface area contributed by atoms with Crippen molar-refractivity contribution in [1.29, 1.82) is 0 Å². The maximum Gasteiger partial charge on any atom is 0.339 e. The maximum atomic E-state index is 12.7. The van der Waals surface area contributed by atoms with Crippen LogP contribution in [0.2, 0.25) is 0 Å². The summed E-state index contributed by atoms with van der Waals surface area (Å²) in [4.78, 5) is 13.9. The normalized spacial score (nSPS) is 9.64. The average molecular weight is 267 g/mol. The van der Waals surface area contributed by atoms with E-state index < -0.39 is 11.8 Å². The van der Waals surface area contributed by atoms with Gasteiger partial charge in [0.25, 0.3) is 0 Å². The Hall–Kier alpha value is -0.720. The summed E-state index contributed by atoms with van der Waals surface area (Å²) in [7, 11) is 0. The van der Waals surface area contributed by atoms with Gasteiger partial charge in [-0.05, 0) is 22.6 Å². The van der Waals surface area contributed by atoms with E-state index in [1.807, 2.05) is 0 Å². The van der Waals surface area contributed by atoms with E-state index in [-0.39, 0.29) is 5.56 Å². The minimum atomic E-state index is -1.27. The number of carboxylic acid groups (broad SMARTS) is 1. The smallest absolute Gasteiger partial charge is 0.339 e. The first kappa shape index (κ1) is 8.38. The summed E-state index contributed by atoms with van der Waals surface area (Å²) >= 11 is 1.72. The van der Waals surface area contributed by atoms with Crippen LogP contribution in [0.3, 0.4) is 0 Å². The molecule has 5 heteroatoms. The van der Waals surface area contributed by atoms with Crippen LogP contribution in [0, 0.1) is 9.39 Å². The number of pyridine rings is 1. The molecule has 0 aliphatic carbocycles. The van der Waals surface area contributed by atoms with E-state index in [1.165, 1.54) is 6.20 Å². The number of rotatable bonds is 1. The van der Waals surface area contributed by atoms with Crippen molar-refractivity contribution in [3.63, 3.8) is 0 Å². The molecule has 0 spiro atoms. The van der Waals surface area contributed by atoms with Gasteiger partial charge >= 0.3 is 5.97 Å². The van der Waals surface area contributed by atoms with Gasteiger partial charge in [0.05, 0.1) is 6.20 Å². The third kappa shape index (κ3) is 1.65. The number of hydrogen-bond donors (Lipinski definition) is 1. The largest absolute Gasteiger partial charge is 0.478 e. The Balaban J connectivity index is 3.32. The quantitative estimate of drug-likeness (QED) is 0.785. The Morgan fingerprint density at radius 2 is 2.27 bits per heavy atom. The van der Waals surface area contributed by atoms with Gasteiger partial charge in [0.15, 0.2) is 5.82 Å². The molecule has 1 aromatic rings. The summed E-state index contributed by atoms with van der Waals surface area (Å²) in [5.41, 5.74) is -0.319. The number of carboxylic acids is 1. The minimum absolute atomic E-state index is 0.301. The zero-order valence-corrected chi connectivity index (χ0v) is 7.37. The van der Waals surface area contributed by atoms with Crippen LogP contribution in [0.25, 0.3) is 0 Å². The van der Waals surface area contributed by atoms with Crippen molar-refractivity contribution >= 4 is 28.6 Å².